The highest BCUT2D eigenvalue weighted by atomic mass is 32.2. The number of nitrogens with zero attached hydrogens (tertiary/aromatic N) is 8. The fourth-order valence-corrected chi connectivity index (χ4v) is 4.45. The lowest BCUT2D eigenvalue weighted by Gasteiger charge is -2.29. The van der Waals surface area contributed by atoms with E-state index in [1.165, 1.54) is 18.2 Å². The van der Waals surface area contributed by atoms with Crippen molar-refractivity contribution in [2.24, 2.45) is 0 Å². The van der Waals surface area contributed by atoms with Gasteiger partial charge < -0.3 is 14.6 Å². The molecule has 0 saturated carbocycles. The maximum atomic E-state index is 9.14. The molecule has 3 atom stereocenters. The monoisotopic (exact) mass is 400 g/mol. The first-order chi connectivity index (χ1) is 12.8. The van der Waals surface area contributed by atoms with Crippen LogP contribution in [0.3, 0.4) is 0 Å². The van der Waals surface area contributed by atoms with Crippen molar-refractivity contribution in [3.05, 3.63) is 0 Å². The summed E-state index contributed by atoms with van der Waals surface area (Å²) in [5.74, 6) is 1.60. The lowest BCUT2D eigenvalue weighted by Crippen LogP contribution is -2.34. The van der Waals surface area contributed by atoms with Crippen LogP contribution < -0.4 is 0 Å². The summed E-state index contributed by atoms with van der Waals surface area (Å²) >= 11 is 3.12. The molecular weight excluding hydrogens is 380 g/mol. The van der Waals surface area contributed by atoms with E-state index in [9.17, 15) is 0 Å². The molecule has 0 aliphatic carbocycles. The van der Waals surface area contributed by atoms with Crippen LogP contribution in [0.2, 0.25) is 0 Å². The van der Waals surface area contributed by atoms with Crippen molar-refractivity contribution in [3.63, 3.8) is 0 Å². The molecule has 11 nitrogen and oxygen atoms in total. The number of thioether (sulfide) groups is 2. The second-order valence-electron chi connectivity index (χ2n) is 6.12. The van der Waals surface area contributed by atoms with Gasteiger partial charge in [-0.3, -0.25) is 0 Å². The van der Waals surface area contributed by atoms with Gasteiger partial charge in [0.05, 0.1) is 25.3 Å². The minimum atomic E-state index is -0.305. The van der Waals surface area contributed by atoms with E-state index in [1.54, 1.807) is 21.1 Å². The molecule has 2 aromatic rings. The van der Waals surface area contributed by atoms with Gasteiger partial charge in [0.2, 0.25) is 10.3 Å². The van der Waals surface area contributed by atoms with Gasteiger partial charge in [0, 0.05) is 18.1 Å². The molecule has 3 aliphatic rings. The molecule has 3 unspecified atom stereocenters. The van der Waals surface area contributed by atoms with Gasteiger partial charge in [-0.05, 0) is 40.1 Å². The zero-order valence-electron chi connectivity index (χ0n) is 14.0. The fourth-order valence-electron chi connectivity index (χ4n) is 2.78. The Hall–Kier alpha value is -1.28. The zero-order valence-corrected chi connectivity index (χ0v) is 15.7. The summed E-state index contributed by atoms with van der Waals surface area (Å²) in [5.41, 5.74) is 0. The Morgan fingerprint density at radius 1 is 1.00 bits per heavy atom. The molecule has 5 heterocycles. The number of hydrogen-bond acceptors (Lipinski definition) is 11. The molecule has 0 radical (unpaired) electrons. The Labute approximate surface area is 158 Å². The lowest BCUT2D eigenvalue weighted by atomic mass is 10.2. The Balaban J connectivity index is 0.000000144. The van der Waals surface area contributed by atoms with Gasteiger partial charge in [-0.1, -0.05) is 23.5 Å². The predicted octanol–water partition coefficient (Wildman–Crippen LogP) is -0.170. The standard InChI is InChI=1S/C9H14N4O2S.C4H6N4OS/c1-2-4-14-8(3-1)15-7-5-13-9(16-6-7)10-11-12-13;9-3-1-8-4(10-2-3)5-6-7-8/h7-8H,1-6H2;3,9H,1-2H2. The fraction of sp³-hybridized carbons (Fsp3) is 0.846. The van der Waals surface area contributed by atoms with Crippen LogP contribution in [0.15, 0.2) is 10.3 Å². The van der Waals surface area contributed by atoms with E-state index in [4.69, 9.17) is 14.6 Å². The number of hydrogen-bond donors (Lipinski definition) is 1. The Bertz CT molecular complexity index is 707. The van der Waals surface area contributed by atoms with Crippen molar-refractivity contribution in [2.75, 3.05) is 18.1 Å². The molecule has 1 N–H and O–H groups in total. The lowest BCUT2D eigenvalue weighted by molar-refractivity contribution is -0.186. The van der Waals surface area contributed by atoms with Crippen LogP contribution in [0.1, 0.15) is 19.3 Å². The SMILES string of the molecule is C1CCC(OC2CSc3nnnn3C2)OC1.OC1CSc2nnnn2C1. The second kappa shape index (κ2) is 8.61. The average molecular weight is 400 g/mol. The first-order valence-corrected chi connectivity index (χ1v) is 10.5. The van der Waals surface area contributed by atoms with E-state index in [0.29, 0.717) is 12.3 Å². The molecule has 0 bridgehead atoms. The van der Waals surface area contributed by atoms with Crippen LogP contribution in [0.4, 0.5) is 0 Å². The van der Waals surface area contributed by atoms with E-state index in [2.05, 4.69) is 31.1 Å². The highest BCUT2D eigenvalue weighted by Gasteiger charge is 2.26. The molecule has 26 heavy (non-hydrogen) atoms. The van der Waals surface area contributed by atoms with Crippen LogP contribution in [0.25, 0.3) is 0 Å². The van der Waals surface area contributed by atoms with Gasteiger partial charge in [0.15, 0.2) is 6.29 Å². The molecule has 13 heteroatoms. The van der Waals surface area contributed by atoms with E-state index >= 15 is 0 Å². The number of rotatable bonds is 2. The van der Waals surface area contributed by atoms with Crippen molar-refractivity contribution >= 4 is 23.5 Å². The van der Waals surface area contributed by atoms with Gasteiger partial charge in [0.25, 0.3) is 0 Å². The summed E-state index contributed by atoms with van der Waals surface area (Å²) < 4.78 is 14.9. The first-order valence-electron chi connectivity index (χ1n) is 8.51. The summed E-state index contributed by atoms with van der Waals surface area (Å²) in [6.07, 6.45) is 3.17. The number of aliphatic hydroxyl groups excluding tert-OH is 1. The molecular formula is C13H20N8O3S2. The van der Waals surface area contributed by atoms with Crippen LogP contribution in [-0.2, 0) is 22.6 Å². The van der Waals surface area contributed by atoms with Gasteiger partial charge in [0.1, 0.15) is 0 Å². The molecule has 3 aliphatic heterocycles. The van der Waals surface area contributed by atoms with E-state index < -0.39 is 0 Å². The summed E-state index contributed by atoms with van der Waals surface area (Å²) in [6, 6.07) is 0. The number of aliphatic hydroxyl groups is 1. The molecule has 0 spiro atoms. The van der Waals surface area contributed by atoms with Crippen LogP contribution in [0, 0.1) is 0 Å². The topological polar surface area (TPSA) is 126 Å². The summed E-state index contributed by atoms with van der Waals surface area (Å²) in [6.45, 7) is 2.07. The van der Waals surface area contributed by atoms with Crippen molar-refractivity contribution in [1.29, 1.82) is 0 Å². The normalized spacial score (nSPS) is 27.8. The largest absolute Gasteiger partial charge is 0.390 e. The smallest absolute Gasteiger partial charge is 0.209 e. The third-order valence-corrected chi connectivity index (χ3v) is 6.23. The third kappa shape index (κ3) is 4.52. The summed E-state index contributed by atoms with van der Waals surface area (Å²) in [4.78, 5) is 0. The first kappa shape index (κ1) is 18.1. The second-order valence-corrected chi connectivity index (χ2v) is 8.09. The van der Waals surface area contributed by atoms with Gasteiger partial charge in [-0.2, -0.15) is 0 Å². The molecule has 0 amide bonds. The molecule has 1 fully saturated rings. The Kier molecular flexibility index (Phi) is 5.99. The molecule has 142 valence electrons. The van der Waals surface area contributed by atoms with Gasteiger partial charge in [-0.25, -0.2) is 9.36 Å². The van der Waals surface area contributed by atoms with Crippen LogP contribution in [-0.4, -0.2) is 82.1 Å². The number of aromatic nitrogens is 8. The van der Waals surface area contributed by atoms with Crippen molar-refractivity contribution in [3.8, 4) is 0 Å². The molecule has 5 rings (SSSR count). The number of fused-ring (bicyclic) bond motifs is 2. The third-order valence-electron chi connectivity index (χ3n) is 4.04. The van der Waals surface area contributed by atoms with Crippen molar-refractivity contribution < 1.29 is 14.6 Å². The van der Waals surface area contributed by atoms with Gasteiger partial charge in [-0.15, -0.1) is 10.2 Å². The molecule has 0 aromatic carbocycles. The highest BCUT2D eigenvalue weighted by molar-refractivity contribution is 7.99. The maximum Gasteiger partial charge on any atom is 0.209 e. The highest BCUT2D eigenvalue weighted by Crippen LogP contribution is 2.25. The Morgan fingerprint density at radius 2 is 1.73 bits per heavy atom. The molecule has 2 aromatic heterocycles. The minimum Gasteiger partial charge on any atom is -0.390 e. The zero-order chi connectivity index (χ0) is 17.8. The van der Waals surface area contributed by atoms with Crippen molar-refractivity contribution in [2.45, 2.75) is 61.2 Å². The molecule has 1 saturated heterocycles. The van der Waals surface area contributed by atoms with Crippen LogP contribution in [0.5, 0.6) is 0 Å². The summed E-state index contributed by atoms with van der Waals surface area (Å²) in [7, 11) is 0. The van der Waals surface area contributed by atoms with E-state index in [-0.39, 0.29) is 18.5 Å². The van der Waals surface area contributed by atoms with Crippen LogP contribution >= 0.6 is 23.5 Å². The Morgan fingerprint density at radius 3 is 2.46 bits per heavy atom. The van der Waals surface area contributed by atoms with E-state index in [0.717, 1.165) is 42.1 Å². The van der Waals surface area contributed by atoms with E-state index in [1.807, 2.05) is 0 Å². The van der Waals surface area contributed by atoms with Gasteiger partial charge >= 0.3 is 0 Å². The number of tetrazole rings is 2. The number of ether oxygens (including phenoxy) is 2. The van der Waals surface area contributed by atoms with Crippen molar-refractivity contribution in [1.82, 2.24) is 40.4 Å². The predicted molar refractivity (Wildman–Crippen MR) is 91.6 cm³/mol. The quantitative estimate of drug-likeness (QED) is 0.722. The maximum absolute atomic E-state index is 9.14. The average Bonchev–Trinajstić information content (AvgIpc) is 3.31. The minimum absolute atomic E-state index is 0.0302. The summed E-state index contributed by atoms with van der Waals surface area (Å²) in [5, 5.41) is 33.2.